The maximum absolute atomic E-state index is 10.6. The van der Waals surface area contributed by atoms with Crippen molar-refractivity contribution in [2.24, 2.45) is 5.41 Å². The molecular weight excluding hydrogens is 166 g/mol. The highest BCUT2D eigenvalue weighted by Crippen LogP contribution is 2.30. The summed E-state index contributed by atoms with van der Waals surface area (Å²) in [6.45, 7) is 9.02. The van der Waals surface area contributed by atoms with Crippen molar-refractivity contribution in [1.29, 1.82) is 5.41 Å². The van der Waals surface area contributed by atoms with E-state index in [2.05, 4.69) is 6.58 Å². The lowest BCUT2D eigenvalue weighted by Gasteiger charge is -2.27. The summed E-state index contributed by atoms with van der Waals surface area (Å²) in [5.74, 6) is -0.865. The summed E-state index contributed by atoms with van der Waals surface area (Å²) < 4.78 is 0. The summed E-state index contributed by atoms with van der Waals surface area (Å²) in [6.07, 6.45) is 0.559. The van der Waals surface area contributed by atoms with Gasteiger partial charge in [-0.2, -0.15) is 0 Å². The molecule has 0 heterocycles. The number of allylic oxidation sites excluding steroid dienone is 1. The number of carboxylic acids is 1. The molecule has 0 amide bonds. The molecule has 0 aromatic rings. The van der Waals surface area contributed by atoms with Crippen LogP contribution < -0.4 is 0 Å². The minimum Gasteiger partial charge on any atom is -0.481 e. The normalized spacial score (nSPS) is 14.7. The third-order valence-corrected chi connectivity index (χ3v) is 2.14. The Kier molecular flexibility index (Phi) is 3.85. The van der Waals surface area contributed by atoms with Gasteiger partial charge in [0.2, 0.25) is 0 Å². The Hall–Kier alpha value is -1.12. The molecule has 3 heteroatoms. The van der Waals surface area contributed by atoms with Gasteiger partial charge in [-0.1, -0.05) is 12.5 Å². The van der Waals surface area contributed by atoms with Crippen molar-refractivity contribution in [3.8, 4) is 0 Å². The number of hydrogen-bond donors (Lipinski definition) is 2. The van der Waals surface area contributed by atoms with Crippen molar-refractivity contribution in [2.75, 3.05) is 0 Å². The van der Waals surface area contributed by atoms with Crippen LogP contribution in [0.2, 0.25) is 0 Å². The molecule has 1 atom stereocenters. The largest absolute Gasteiger partial charge is 0.481 e. The zero-order valence-electron chi connectivity index (χ0n) is 8.48. The van der Waals surface area contributed by atoms with Gasteiger partial charge in [-0.15, -0.1) is 6.58 Å². The van der Waals surface area contributed by atoms with Gasteiger partial charge in [0.25, 0.3) is 0 Å². The fourth-order valence-corrected chi connectivity index (χ4v) is 1.33. The van der Waals surface area contributed by atoms with Crippen LogP contribution in [0.5, 0.6) is 0 Å². The fourth-order valence-electron chi connectivity index (χ4n) is 1.33. The Morgan fingerprint density at radius 3 is 2.15 bits per heavy atom. The van der Waals surface area contributed by atoms with Crippen molar-refractivity contribution in [2.45, 2.75) is 33.6 Å². The second kappa shape index (κ2) is 4.21. The molecule has 3 nitrogen and oxygen atoms in total. The molecule has 74 valence electrons. The number of aliphatic carboxylic acids is 1. The Bertz CT molecular complexity index is 227. The Balaban J connectivity index is 4.62. The molecule has 0 fully saturated rings. The molecule has 0 bridgehead atoms. The van der Waals surface area contributed by atoms with Crippen LogP contribution in [-0.2, 0) is 4.79 Å². The lowest BCUT2D eigenvalue weighted by atomic mass is 9.77. The third kappa shape index (κ3) is 3.87. The van der Waals surface area contributed by atoms with E-state index in [1.165, 1.54) is 0 Å². The summed E-state index contributed by atoms with van der Waals surface area (Å²) in [6, 6.07) is 0. The average molecular weight is 183 g/mol. The number of rotatable bonds is 5. The van der Waals surface area contributed by atoms with Gasteiger partial charge in [-0.05, 0) is 20.3 Å². The van der Waals surface area contributed by atoms with Gasteiger partial charge in [-0.3, -0.25) is 4.79 Å². The second-order valence-corrected chi connectivity index (χ2v) is 3.89. The van der Waals surface area contributed by atoms with E-state index in [0.717, 1.165) is 5.57 Å². The minimum atomic E-state index is -0.865. The Morgan fingerprint density at radius 2 is 1.92 bits per heavy atom. The number of nitrogens with one attached hydrogen (secondary N) is 1. The number of carbonyl (C=O) groups is 1. The second-order valence-electron chi connectivity index (χ2n) is 3.89. The fraction of sp³-hybridized carbons (Fsp3) is 0.600. The van der Waals surface area contributed by atoms with E-state index in [1.54, 1.807) is 13.8 Å². The first-order valence-corrected chi connectivity index (χ1v) is 4.20. The van der Waals surface area contributed by atoms with Crippen LogP contribution in [0.25, 0.3) is 0 Å². The Labute approximate surface area is 79.0 Å². The van der Waals surface area contributed by atoms with Gasteiger partial charge in [-0.25, -0.2) is 0 Å². The lowest BCUT2D eigenvalue weighted by molar-refractivity contribution is -0.138. The van der Waals surface area contributed by atoms with E-state index in [4.69, 9.17) is 10.5 Å². The van der Waals surface area contributed by atoms with E-state index in [1.807, 2.05) is 6.92 Å². The van der Waals surface area contributed by atoms with Crippen LogP contribution in [0.1, 0.15) is 33.6 Å². The summed E-state index contributed by atoms with van der Waals surface area (Å²) in [4.78, 5) is 10.6. The summed E-state index contributed by atoms with van der Waals surface area (Å²) in [5.41, 5.74) is 0.741. The van der Waals surface area contributed by atoms with E-state index >= 15 is 0 Å². The number of carboxylic acid groups (broad SMARTS) is 1. The van der Waals surface area contributed by atoms with E-state index < -0.39 is 11.4 Å². The molecule has 0 aromatic carbocycles. The zero-order chi connectivity index (χ0) is 10.6. The van der Waals surface area contributed by atoms with Gasteiger partial charge in [0.15, 0.2) is 0 Å². The molecular formula is C10H17NO2. The average Bonchev–Trinajstić information content (AvgIpc) is 1.82. The molecule has 2 N–H and O–H groups in total. The number of hydrogen-bond acceptors (Lipinski definition) is 2. The molecule has 0 radical (unpaired) electrons. The van der Waals surface area contributed by atoms with Crippen LogP contribution in [0.4, 0.5) is 0 Å². The van der Waals surface area contributed by atoms with Crippen LogP contribution in [0.15, 0.2) is 12.2 Å². The molecule has 0 rings (SSSR count). The van der Waals surface area contributed by atoms with Gasteiger partial charge >= 0.3 is 5.97 Å². The van der Waals surface area contributed by atoms with Crippen LogP contribution in [-0.4, -0.2) is 16.8 Å². The highest BCUT2D eigenvalue weighted by Gasteiger charge is 2.29. The predicted octanol–water partition coefficient (Wildman–Crippen LogP) is 2.47. The zero-order valence-corrected chi connectivity index (χ0v) is 8.48. The molecule has 0 aliphatic rings. The van der Waals surface area contributed by atoms with E-state index in [-0.39, 0.29) is 6.42 Å². The quantitative estimate of drug-likeness (QED) is 0.508. The predicted molar refractivity (Wildman–Crippen MR) is 53.2 cm³/mol. The smallest absolute Gasteiger partial charge is 0.304 e. The lowest BCUT2D eigenvalue weighted by Crippen LogP contribution is -2.28. The standard InChI is InChI=1S/C10H17NO2/c1-7(2)5-10(4,8(3)11)6-9(12)13/h11H,1,5-6H2,2-4H3,(H,12,13). The summed E-state index contributed by atoms with van der Waals surface area (Å²) in [7, 11) is 0. The van der Waals surface area contributed by atoms with Crippen LogP contribution >= 0.6 is 0 Å². The molecule has 0 saturated heterocycles. The first-order valence-electron chi connectivity index (χ1n) is 4.20. The van der Waals surface area contributed by atoms with Gasteiger partial charge in [0, 0.05) is 11.1 Å². The van der Waals surface area contributed by atoms with Crippen molar-refractivity contribution >= 4 is 11.7 Å². The molecule has 0 aliphatic heterocycles. The molecule has 13 heavy (non-hydrogen) atoms. The SMILES string of the molecule is C=C(C)CC(C)(CC(=O)O)C(C)=N. The topological polar surface area (TPSA) is 61.1 Å². The maximum atomic E-state index is 10.6. The summed E-state index contributed by atoms with van der Waals surface area (Å²) >= 11 is 0. The highest BCUT2D eigenvalue weighted by atomic mass is 16.4. The van der Waals surface area contributed by atoms with Gasteiger partial charge in [0.1, 0.15) is 0 Å². The van der Waals surface area contributed by atoms with Crippen LogP contribution in [0, 0.1) is 10.8 Å². The minimum absolute atomic E-state index is 0.00477. The van der Waals surface area contributed by atoms with E-state index in [9.17, 15) is 4.79 Å². The van der Waals surface area contributed by atoms with Crippen molar-refractivity contribution in [1.82, 2.24) is 0 Å². The molecule has 0 spiro atoms. The first kappa shape index (κ1) is 11.9. The maximum Gasteiger partial charge on any atom is 0.304 e. The first-order chi connectivity index (χ1) is 5.78. The van der Waals surface area contributed by atoms with Gasteiger partial charge < -0.3 is 10.5 Å². The van der Waals surface area contributed by atoms with Crippen LogP contribution in [0.3, 0.4) is 0 Å². The highest BCUT2D eigenvalue weighted by molar-refractivity contribution is 5.88. The van der Waals surface area contributed by atoms with E-state index in [0.29, 0.717) is 12.1 Å². The molecule has 0 saturated carbocycles. The van der Waals surface area contributed by atoms with Gasteiger partial charge in [0.05, 0.1) is 6.42 Å². The monoisotopic (exact) mass is 183 g/mol. The molecule has 0 aromatic heterocycles. The Morgan fingerprint density at radius 1 is 1.46 bits per heavy atom. The summed E-state index contributed by atoms with van der Waals surface area (Å²) in [5, 5.41) is 16.2. The van der Waals surface area contributed by atoms with Crippen molar-refractivity contribution < 1.29 is 9.90 Å². The van der Waals surface area contributed by atoms with Crippen molar-refractivity contribution in [3.05, 3.63) is 12.2 Å². The molecule has 1 unspecified atom stereocenters. The van der Waals surface area contributed by atoms with Crippen molar-refractivity contribution in [3.63, 3.8) is 0 Å². The third-order valence-electron chi connectivity index (χ3n) is 2.14. The molecule has 0 aliphatic carbocycles.